The molecule has 2 aromatic carbocycles. The first kappa shape index (κ1) is 33.6. The van der Waals surface area contributed by atoms with Gasteiger partial charge in [-0.2, -0.15) is 0 Å². The fourth-order valence-corrected chi connectivity index (χ4v) is 9.76. The van der Waals surface area contributed by atoms with Gasteiger partial charge in [0.25, 0.3) is 0 Å². The van der Waals surface area contributed by atoms with Gasteiger partial charge in [0.1, 0.15) is 24.7 Å². The fraction of sp³-hybridized carbons (Fsp3) is 0.412. The lowest BCUT2D eigenvalue weighted by atomic mass is 9.94. The van der Waals surface area contributed by atoms with E-state index < -0.39 is 0 Å². The van der Waals surface area contributed by atoms with Gasteiger partial charge < -0.3 is 28.4 Å². The molecule has 4 bridgehead atoms. The number of allylic oxidation sites excluding steroid dienone is 6. The van der Waals surface area contributed by atoms with Crippen molar-refractivity contribution >= 4 is 58.2 Å². The van der Waals surface area contributed by atoms with Gasteiger partial charge in [-0.25, -0.2) is 0 Å². The van der Waals surface area contributed by atoms with E-state index in [4.69, 9.17) is 28.4 Å². The zero-order valence-corrected chi connectivity index (χ0v) is 29.0. The molecule has 10 heteroatoms. The van der Waals surface area contributed by atoms with Crippen molar-refractivity contribution in [2.45, 2.75) is 27.7 Å². The van der Waals surface area contributed by atoms with Gasteiger partial charge in [0.2, 0.25) is 0 Å². The first-order valence-corrected chi connectivity index (χ1v) is 18.1. The monoisotopic (exact) mass is 672 g/mol. The van der Waals surface area contributed by atoms with Crippen LogP contribution in [0.3, 0.4) is 0 Å². The molecule has 6 nitrogen and oxygen atoms in total. The summed E-state index contributed by atoms with van der Waals surface area (Å²) in [7, 11) is 0. The maximum Gasteiger partial charge on any atom is 0.119 e. The molecule has 44 heavy (non-hydrogen) atoms. The topological polar surface area (TPSA) is 55.4 Å². The number of thioether (sulfide) groups is 4. The number of hydrogen-bond acceptors (Lipinski definition) is 10. The van der Waals surface area contributed by atoms with Crippen molar-refractivity contribution < 1.29 is 28.4 Å². The number of benzene rings is 2. The molecule has 0 amide bonds. The summed E-state index contributed by atoms with van der Waals surface area (Å²) in [6, 6.07) is 17.0. The molecule has 236 valence electrons. The molecule has 5 heterocycles. The second-order valence-electron chi connectivity index (χ2n) is 10.2. The van der Waals surface area contributed by atoms with Crippen LogP contribution < -0.4 is 9.47 Å². The van der Waals surface area contributed by atoms with E-state index in [0.717, 1.165) is 22.6 Å². The second-order valence-corrected chi connectivity index (χ2v) is 15.6. The van der Waals surface area contributed by atoms with E-state index in [1.54, 1.807) is 0 Å². The average Bonchev–Trinajstić information content (AvgIpc) is 3.54. The Labute approximate surface area is 278 Å². The maximum absolute atomic E-state index is 6.01. The predicted octanol–water partition coefficient (Wildman–Crippen LogP) is 9.02. The number of rotatable bonds is 0. The summed E-state index contributed by atoms with van der Waals surface area (Å²) in [5, 5.41) is 0. The molecule has 0 fully saturated rings. The summed E-state index contributed by atoms with van der Waals surface area (Å²) in [6.07, 6.45) is 0. The van der Waals surface area contributed by atoms with Crippen LogP contribution in [-0.4, -0.2) is 66.1 Å². The van der Waals surface area contributed by atoms with Crippen LogP contribution >= 0.6 is 47.0 Å². The Bertz CT molecular complexity index is 1260. The minimum atomic E-state index is 0.478. The van der Waals surface area contributed by atoms with Gasteiger partial charge in [0.05, 0.1) is 61.3 Å². The van der Waals surface area contributed by atoms with Crippen molar-refractivity contribution in [1.29, 1.82) is 0 Å². The lowest BCUT2D eigenvalue weighted by Gasteiger charge is -2.19. The normalized spacial score (nSPS) is 20.5. The summed E-state index contributed by atoms with van der Waals surface area (Å²) in [6.45, 7) is 13.9. The molecular weight excluding hydrogens is 633 g/mol. The van der Waals surface area contributed by atoms with Crippen molar-refractivity contribution in [1.82, 2.24) is 0 Å². The Morgan fingerprint density at radius 1 is 0.386 bits per heavy atom. The highest BCUT2D eigenvalue weighted by atomic mass is 32.2. The summed E-state index contributed by atoms with van der Waals surface area (Å²) >= 11 is 7.46. The second kappa shape index (κ2) is 17.2. The molecule has 0 N–H and O–H groups in total. The Morgan fingerprint density at radius 3 is 0.955 bits per heavy atom. The van der Waals surface area contributed by atoms with Crippen LogP contribution in [0.1, 0.15) is 38.8 Å². The van der Waals surface area contributed by atoms with Crippen LogP contribution in [-0.2, 0) is 18.9 Å². The SMILES string of the molecule is CC1=C(C)SC(=C2C(=C3SC(C)=C(C)S3)c3ccc(cc3)OCCOCCOCCOCCOCCOc3ccc2cc3)S1. The number of hydrogen-bond donors (Lipinski definition) is 0. The van der Waals surface area contributed by atoms with E-state index in [1.165, 1.54) is 39.2 Å². The van der Waals surface area contributed by atoms with Crippen LogP contribution in [0.15, 0.2) is 76.6 Å². The zero-order valence-electron chi connectivity index (χ0n) is 25.8. The van der Waals surface area contributed by atoms with Gasteiger partial charge >= 0.3 is 0 Å². The molecule has 0 unspecified atom stereocenters. The molecule has 5 aliphatic rings. The quantitative estimate of drug-likeness (QED) is 0.271. The van der Waals surface area contributed by atoms with Crippen LogP contribution in [0.4, 0.5) is 0 Å². The third-order valence-electron chi connectivity index (χ3n) is 7.03. The van der Waals surface area contributed by atoms with E-state index in [1.807, 2.05) is 47.0 Å². The van der Waals surface area contributed by atoms with Crippen molar-refractivity contribution in [3.05, 3.63) is 87.8 Å². The molecule has 2 aromatic rings. The maximum atomic E-state index is 6.01. The van der Waals surface area contributed by atoms with Gasteiger partial charge in [-0.15, -0.1) is 0 Å². The summed E-state index contributed by atoms with van der Waals surface area (Å²) in [5.74, 6) is 1.65. The zero-order chi connectivity index (χ0) is 30.7. The molecule has 0 radical (unpaired) electrons. The van der Waals surface area contributed by atoms with Gasteiger partial charge in [-0.05, 0) is 82.7 Å². The molecule has 0 atom stereocenters. The van der Waals surface area contributed by atoms with Crippen molar-refractivity contribution in [3.8, 4) is 11.5 Å². The van der Waals surface area contributed by atoms with Gasteiger partial charge in [0.15, 0.2) is 0 Å². The smallest absolute Gasteiger partial charge is 0.119 e. The standard InChI is InChI=1S/C34H40O6S4/c1-23-24(2)42-33(41-23)31-27-5-9-29(10-6-27)39-21-19-37-17-15-35-13-14-36-16-18-38-20-22-40-30-11-7-28(8-12-30)32(31)34-43-25(3)26(4)44-34/h5-12H,13-22H2,1-4H3. The third kappa shape index (κ3) is 9.39. The summed E-state index contributed by atoms with van der Waals surface area (Å²) in [5.41, 5.74) is 4.82. The van der Waals surface area contributed by atoms with E-state index in [-0.39, 0.29) is 0 Å². The summed E-state index contributed by atoms with van der Waals surface area (Å²) < 4.78 is 37.1. The lowest BCUT2D eigenvalue weighted by molar-refractivity contribution is -0.00699. The third-order valence-corrected chi connectivity index (χ3v) is 12.3. The molecule has 0 aliphatic carbocycles. The predicted molar refractivity (Wildman–Crippen MR) is 188 cm³/mol. The number of ether oxygens (including phenoxy) is 6. The largest absolute Gasteiger partial charge is 0.491 e. The molecule has 7 rings (SSSR count). The Morgan fingerprint density at radius 2 is 0.659 bits per heavy atom. The van der Waals surface area contributed by atoms with Gasteiger partial charge in [0, 0.05) is 11.1 Å². The highest BCUT2D eigenvalue weighted by Gasteiger charge is 2.28. The van der Waals surface area contributed by atoms with E-state index in [2.05, 4.69) is 76.2 Å². The van der Waals surface area contributed by atoms with Gasteiger partial charge in [-0.1, -0.05) is 71.3 Å². The Balaban J connectivity index is 1.47. The first-order valence-electron chi connectivity index (χ1n) is 14.8. The minimum absolute atomic E-state index is 0.478. The van der Waals surface area contributed by atoms with Crippen LogP contribution in [0.25, 0.3) is 11.1 Å². The van der Waals surface area contributed by atoms with Crippen molar-refractivity contribution in [2.75, 3.05) is 66.1 Å². The first-order chi connectivity index (χ1) is 21.5. The highest BCUT2D eigenvalue weighted by molar-refractivity contribution is 8.29. The molecular formula is C34H40O6S4. The van der Waals surface area contributed by atoms with Crippen molar-refractivity contribution in [2.24, 2.45) is 0 Å². The van der Waals surface area contributed by atoms with E-state index in [9.17, 15) is 0 Å². The highest BCUT2D eigenvalue weighted by Crippen LogP contribution is 2.59. The van der Waals surface area contributed by atoms with Crippen LogP contribution in [0.2, 0.25) is 0 Å². The van der Waals surface area contributed by atoms with Gasteiger partial charge in [-0.3, -0.25) is 0 Å². The molecule has 5 aliphatic heterocycles. The molecule has 0 saturated heterocycles. The minimum Gasteiger partial charge on any atom is -0.491 e. The Hall–Kier alpha value is -1.76. The van der Waals surface area contributed by atoms with Crippen molar-refractivity contribution in [3.63, 3.8) is 0 Å². The lowest BCUT2D eigenvalue weighted by Crippen LogP contribution is -2.14. The summed E-state index contributed by atoms with van der Waals surface area (Å²) in [4.78, 5) is 5.38. The fourth-order valence-electron chi connectivity index (χ4n) is 4.45. The molecule has 0 saturated carbocycles. The molecule has 0 aromatic heterocycles. The van der Waals surface area contributed by atoms with Crippen LogP contribution in [0.5, 0.6) is 11.5 Å². The van der Waals surface area contributed by atoms with E-state index >= 15 is 0 Å². The number of fused-ring (bicyclic) bond motifs is 2. The Kier molecular flexibility index (Phi) is 13.2. The molecule has 0 spiro atoms. The van der Waals surface area contributed by atoms with E-state index in [0.29, 0.717) is 66.1 Å². The van der Waals surface area contributed by atoms with Crippen LogP contribution in [0, 0.1) is 0 Å². The average molecular weight is 673 g/mol.